The lowest BCUT2D eigenvalue weighted by molar-refractivity contribution is 0.301. The third-order valence-electron chi connectivity index (χ3n) is 5.51. The number of hydrogen-bond acceptors (Lipinski definition) is 2. The molecule has 0 unspecified atom stereocenters. The molecule has 0 radical (unpaired) electrons. The third kappa shape index (κ3) is 8.22. The van der Waals surface area contributed by atoms with Crippen molar-refractivity contribution in [3.8, 4) is 5.75 Å². The summed E-state index contributed by atoms with van der Waals surface area (Å²) in [7, 11) is 0. The highest BCUT2D eigenvalue weighted by Crippen LogP contribution is 2.28. The first-order chi connectivity index (χ1) is 13.9. The van der Waals surface area contributed by atoms with Gasteiger partial charge < -0.3 is 10.1 Å². The van der Waals surface area contributed by atoms with Crippen LogP contribution in [0.15, 0.2) is 36.4 Å². The molecule has 0 spiro atoms. The van der Waals surface area contributed by atoms with Crippen molar-refractivity contribution in [3.05, 3.63) is 42.0 Å². The summed E-state index contributed by atoms with van der Waals surface area (Å²) >= 11 is 0. The first-order valence-corrected chi connectivity index (χ1v) is 11.7. The lowest BCUT2D eigenvalue weighted by Crippen LogP contribution is -2.16. The molecular formula is C26H41NO. The summed E-state index contributed by atoms with van der Waals surface area (Å²) in [5.74, 6) is 1.06. The van der Waals surface area contributed by atoms with E-state index in [9.17, 15) is 0 Å². The first-order valence-electron chi connectivity index (χ1n) is 11.7. The predicted molar refractivity (Wildman–Crippen MR) is 123 cm³/mol. The highest BCUT2D eigenvalue weighted by molar-refractivity contribution is 5.87. The topological polar surface area (TPSA) is 21.3 Å². The standard InChI is InChI=1S/C26H41NO/c1-3-5-7-9-10-14-20-27-22-25-24-17-13-12-16-23(24)18-19-26(25)28-21-15-11-8-6-4-2/h12-13,16-19,27H,3-11,14-15,20-22H2,1-2H3. The van der Waals surface area contributed by atoms with Crippen LogP contribution >= 0.6 is 0 Å². The van der Waals surface area contributed by atoms with Gasteiger partial charge in [-0.05, 0) is 36.2 Å². The molecule has 0 atom stereocenters. The Morgan fingerprint density at radius 3 is 2.18 bits per heavy atom. The Kier molecular flexibility index (Phi) is 11.7. The fourth-order valence-electron chi connectivity index (χ4n) is 3.76. The molecule has 156 valence electrons. The number of unbranched alkanes of at least 4 members (excludes halogenated alkanes) is 9. The molecule has 2 rings (SSSR count). The molecule has 0 aliphatic heterocycles. The molecule has 0 aliphatic rings. The molecule has 28 heavy (non-hydrogen) atoms. The Labute approximate surface area is 173 Å². The fourth-order valence-corrected chi connectivity index (χ4v) is 3.76. The summed E-state index contributed by atoms with van der Waals surface area (Å²) in [6.45, 7) is 7.34. The third-order valence-corrected chi connectivity index (χ3v) is 5.51. The van der Waals surface area contributed by atoms with E-state index in [-0.39, 0.29) is 0 Å². The molecule has 0 bridgehead atoms. The van der Waals surface area contributed by atoms with Crippen LogP contribution in [0.3, 0.4) is 0 Å². The Balaban J connectivity index is 1.85. The van der Waals surface area contributed by atoms with E-state index in [2.05, 4.69) is 55.6 Å². The molecule has 2 heteroatoms. The monoisotopic (exact) mass is 383 g/mol. The van der Waals surface area contributed by atoms with Crippen LogP contribution in [0.25, 0.3) is 10.8 Å². The maximum atomic E-state index is 6.21. The highest BCUT2D eigenvalue weighted by Gasteiger charge is 2.08. The number of benzene rings is 2. The predicted octanol–water partition coefficient (Wildman–Crippen LogP) is 7.64. The second-order valence-electron chi connectivity index (χ2n) is 7.97. The van der Waals surface area contributed by atoms with Gasteiger partial charge in [0, 0.05) is 12.1 Å². The smallest absolute Gasteiger partial charge is 0.124 e. The van der Waals surface area contributed by atoms with Crippen LogP contribution in [-0.4, -0.2) is 13.2 Å². The van der Waals surface area contributed by atoms with Gasteiger partial charge in [-0.25, -0.2) is 0 Å². The second kappa shape index (κ2) is 14.5. The highest BCUT2D eigenvalue weighted by atomic mass is 16.5. The summed E-state index contributed by atoms with van der Waals surface area (Å²) < 4.78 is 6.21. The molecule has 0 amide bonds. The van der Waals surface area contributed by atoms with Gasteiger partial charge in [0.1, 0.15) is 5.75 Å². The van der Waals surface area contributed by atoms with Crippen molar-refractivity contribution in [1.82, 2.24) is 5.32 Å². The van der Waals surface area contributed by atoms with Gasteiger partial charge in [0.25, 0.3) is 0 Å². The largest absolute Gasteiger partial charge is 0.493 e. The number of nitrogens with one attached hydrogen (secondary N) is 1. The van der Waals surface area contributed by atoms with Gasteiger partial charge in [0.15, 0.2) is 0 Å². The van der Waals surface area contributed by atoms with Crippen molar-refractivity contribution < 1.29 is 4.74 Å². The second-order valence-corrected chi connectivity index (χ2v) is 7.97. The van der Waals surface area contributed by atoms with Gasteiger partial charge in [-0.1, -0.05) is 102 Å². The summed E-state index contributed by atoms with van der Waals surface area (Å²) in [5, 5.41) is 6.28. The van der Waals surface area contributed by atoms with E-state index >= 15 is 0 Å². The molecule has 0 heterocycles. The number of fused-ring (bicyclic) bond motifs is 1. The summed E-state index contributed by atoms with van der Waals surface area (Å²) in [5.41, 5.74) is 1.32. The number of hydrogen-bond donors (Lipinski definition) is 1. The molecular weight excluding hydrogens is 342 g/mol. The molecule has 2 aromatic rings. The molecule has 0 saturated heterocycles. The van der Waals surface area contributed by atoms with E-state index in [1.54, 1.807) is 0 Å². The van der Waals surface area contributed by atoms with E-state index in [1.165, 1.54) is 80.5 Å². The minimum Gasteiger partial charge on any atom is -0.493 e. The van der Waals surface area contributed by atoms with Crippen LogP contribution in [0.5, 0.6) is 5.75 Å². The molecule has 0 saturated carbocycles. The average molecular weight is 384 g/mol. The van der Waals surface area contributed by atoms with Crippen molar-refractivity contribution in [3.63, 3.8) is 0 Å². The van der Waals surface area contributed by atoms with Gasteiger partial charge in [-0.3, -0.25) is 0 Å². The van der Waals surface area contributed by atoms with Gasteiger partial charge in [0.05, 0.1) is 6.61 Å². The Morgan fingerprint density at radius 2 is 1.39 bits per heavy atom. The summed E-state index contributed by atoms with van der Waals surface area (Å²) in [6.07, 6.45) is 14.4. The molecule has 1 N–H and O–H groups in total. The lowest BCUT2D eigenvalue weighted by Gasteiger charge is -2.15. The van der Waals surface area contributed by atoms with E-state index < -0.39 is 0 Å². The lowest BCUT2D eigenvalue weighted by atomic mass is 10.0. The zero-order chi connectivity index (χ0) is 19.9. The fraction of sp³-hybridized carbons (Fsp3) is 0.615. The maximum absolute atomic E-state index is 6.21. The van der Waals surface area contributed by atoms with E-state index in [1.807, 2.05) is 0 Å². The minimum atomic E-state index is 0.826. The Morgan fingerprint density at radius 1 is 0.714 bits per heavy atom. The van der Waals surface area contributed by atoms with Crippen LogP contribution < -0.4 is 10.1 Å². The SMILES string of the molecule is CCCCCCCCNCc1c(OCCCCCCC)ccc2ccccc12. The summed E-state index contributed by atoms with van der Waals surface area (Å²) in [4.78, 5) is 0. The first kappa shape index (κ1) is 22.7. The number of ether oxygens (including phenoxy) is 1. The van der Waals surface area contributed by atoms with Crippen molar-refractivity contribution in [2.24, 2.45) is 0 Å². The zero-order valence-electron chi connectivity index (χ0n) is 18.3. The van der Waals surface area contributed by atoms with Crippen LogP contribution in [-0.2, 0) is 6.54 Å². The van der Waals surface area contributed by atoms with Crippen molar-refractivity contribution in [2.45, 2.75) is 91.0 Å². The van der Waals surface area contributed by atoms with Gasteiger partial charge in [0.2, 0.25) is 0 Å². The van der Waals surface area contributed by atoms with E-state index in [0.29, 0.717) is 0 Å². The molecule has 0 fully saturated rings. The molecule has 0 aromatic heterocycles. The van der Waals surface area contributed by atoms with Gasteiger partial charge in [-0.15, -0.1) is 0 Å². The van der Waals surface area contributed by atoms with Crippen LogP contribution in [0.1, 0.15) is 90.0 Å². The quantitative estimate of drug-likeness (QED) is 0.301. The minimum absolute atomic E-state index is 0.826. The van der Waals surface area contributed by atoms with Crippen molar-refractivity contribution >= 4 is 10.8 Å². The Hall–Kier alpha value is -1.54. The normalized spacial score (nSPS) is 11.2. The Bertz CT molecular complexity index is 652. The number of rotatable bonds is 16. The molecule has 0 aliphatic carbocycles. The van der Waals surface area contributed by atoms with Crippen LogP contribution in [0.4, 0.5) is 0 Å². The zero-order valence-corrected chi connectivity index (χ0v) is 18.3. The summed E-state index contributed by atoms with van der Waals surface area (Å²) in [6, 6.07) is 13.0. The van der Waals surface area contributed by atoms with E-state index in [0.717, 1.165) is 31.9 Å². The van der Waals surface area contributed by atoms with Gasteiger partial charge in [-0.2, -0.15) is 0 Å². The van der Waals surface area contributed by atoms with Crippen molar-refractivity contribution in [1.29, 1.82) is 0 Å². The maximum Gasteiger partial charge on any atom is 0.124 e. The van der Waals surface area contributed by atoms with Crippen LogP contribution in [0.2, 0.25) is 0 Å². The van der Waals surface area contributed by atoms with Gasteiger partial charge >= 0.3 is 0 Å². The van der Waals surface area contributed by atoms with E-state index in [4.69, 9.17) is 4.74 Å². The van der Waals surface area contributed by atoms with Crippen LogP contribution in [0, 0.1) is 0 Å². The van der Waals surface area contributed by atoms with Crippen molar-refractivity contribution in [2.75, 3.05) is 13.2 Å². The molecule has 2 nitrogen and oxygen atoms in total. The molecule has 2 aromatic carbocycles. The average Bonchev–Trinajstić information content (AvgIpc) is 2.73.